The fourth-order valence-electron chi connectivity index (χ4n) is 5.85. The van der Waals surface area contributed by atoms with Gasteiger partial charge in [-0.3, -0.25) is 0 Å². The second-order valence-electron chi connectivity index (χ2n) is 13.2. The third-order valence-corrected chi connectivity index (χ3v) is 8.09. The van der Waals surface area contributed by atoms with Crippen molar-refractivity contribution in [3.05, 3.63) is 156 Å². The van der Waals surface area contributed by atoms with Crippen molar-refractivity contribution in [1.29, 1.82) is 0 Å². The molecule has 1 radical (unpaired) electrons. The van der Waals surface area contributed by atoms with E-state index in [-0.39, 0.29) is 30.9 Å². The van der Waals surface area contributed by atoms with Crippen LogP contribution in [0, 0.1) is 17.5 Å². The minimum atomic E-state index is -0.0914. The molecule has 46 heavy (non-hydrogen) atoms. The molecule has 3 aromatic heterocycles. The van der Waals surface area contributed by atoms with E-state index in [9.17, 15) is 0 Å². The predicted octanol–water partition coefficient (Wildman–Crippen LogP) is 10.9. The first kappa shape index (κ1) is 33.0. The normalized spacial score (nSPS) is 11.5. The van der Waals surface area contributed by atoms with Crippen LogP contribution >= 0.6 is 0 Å². The molecule has 0 saturated heterocycles. The number of fused-ring (bicyclic) bond motifs is 3. The van der Waals surface area contributed by atoms with Gasteiger partial charge in [-0.05, 0) is 52.4 Å². The van der Waals surface area contributed by atoms with Gasteiger partial charge in [0.25, 0.3) is 0 Å². The van der Waals surface area contributed by atoms with Crippen LogP contribution in [0.4, 0.5) is 0 Å². The average molecular weight is 779 g/mol. The van der Waals surface area contributed by atoms with Crippen molar-refractivity contribution in [3.63, 3.8) is 0 Å². The Labute approximate surface area is 286 Å². The van der Waals surface area contributed by atoms with Crippen molar-refractivity contribution in [2.75, 3.05) is 0 Å². The van der Waals surface area contributed by atoms with E-state index in [4.69, 9.17) is 4.42 Å². The fourth-order valence-corrected chi connectivity index (χ4v) is 5.85. The van der Waals surface area contributed by atoms with Crippen molar-refractivity contribution in [1.82, 2.24) is 9.97 Å². The Morgan fingerprint density at radius 1 is 0.652 bits per heavy atom. The summed E-state index contributed by atoms with van der Waals surface area (Å²) >= 11 is 0. The van der Waals surface area contributed by atoms with E-state index < -0.39 is 0 Å². The van der Waals surface area contributed by atoms with Gasteiger partial charge in [0.05, 0.1) is 5.58 Å². The molecule has 0 amide bonds. The summed E-state index contributed by atoms with van der Waals surface area (Å²) in [4.78, 5) is 9.03. The van der Waals surface area contributed by atoms with Crippen LogP contribution < -0.4 is 0 Å². The zero-order valence-corrected chi connectivity index (χ0v) is 29.4. The Kier molecular flexibility index (Phi) is 10.0. The standard InChI is InChI=1S/C22H20NO.C20H18N.Ir/c1-22(2,3)14-15-10-11-23-19(12-15)16-8-9-21-18(13-16)17-6-4-5-7-20(17)24-21;1-20(2,16-10-4-3-5-11-16)18-13-7-6-12-17(18)19-14-8-9-15-21-19;/h4-7,9-13H,14H2,1-3H3;3-11,13-15H,1-2H3;/q2*-1;. The second-order valence-corrected chi connectivity index (χ2v) is 13.2. The molecule has 0 aliphatic heterocycles. The molecule has 7 aromatic rings. The summed E-state index contributed by atoms with van der Waals surface area (Å²) in [6, 6.07) is 45.9. The van der Waals surface area contributed by atoms with Crippen molar-refractivity contribution < 1.29 is 24.5 Å². The Morgan fingerprint density at radius 2 is 1.39 bits per heavy atom. The van der Waals surface area contributed by atoms with E-state index in [1.807, 2.05) is 67.0 Å². The van der Waals surface area contributed by atoms with Crippen molar-refractivity contribution >= 4 is 21.9 Å². The zero-order chi connectivity index (χ0) is 31.4. The maximum Gasteiger partial charge on any atom is 0.120 e. The molecule has 0 aliphatic carbocycles. The van der Waals surface area contributed by atoms with Gasteiger partial charge in [-0.2, -0.15) is 0 Å². The number of benzene rings is 4. The topological polar surface area (TPSA) is 38.9 Å². The van der Waals surface area contributed by atoms with E-state index in [0.29, 0.717) is 0 Å². The molecular weight excluding hydrogens is 741 g/mol. The van der Waals surface area contributed by atoms with E-state index in [1.165, 1.54) is 16.7 Å². The average Bonchev–Trinajstić information content (AvgIpc) is 3.43. The van der Waals surface area contributed by atoms with Gasteiger partial charge >= 0.3 is 0 Å². The van der Waals surface area contributed by atoms with E-state index in [2.05, 4.69) is 117 Å². The summed E-state index contributed by atoms with van der Waals surface area (Å²) < 4.78 is 5.88. The van der Waals surface area contributed by atoms with Gasteiger partial charge in [0.1, 0.15) is 5.58 Å². The Balaban J connectivity index is 0.000000179. The predicted molar refractivity (Wildman–Crippen MR) is 186 cm³/mol. The van der Waals surface area contributed by atoms with Crippen molar-refractivity contribution in [3.8, 4) is 22.5 Å². The fraction of sp³-hybridized carbons (Fsp3) is 0.190. The third-order valence-electron chi connectivity index (χ3n) is 8.09. The van der Waals surface area contributed by atoms with E-state index in [0.717, 1.165) is 50.9 Å². The Hall–Kier alpha value is -4.37. The van der Waals surface area contributed by atoms with Gasteiger partial charge in [-0.15, -0.1) is 59.2 Å². The van der Waals surface area contributed by atoms with Crippen LogP contribution in [0.15, 0.2) is 132 Å². The van der Waals surface area contributed by atoms with E-state index >= 15 is 0 Å². The summed E-state index contributed by atoms with van der Waals surface area (Å²) in [7, 11) is 0. The molecule has 233 valence electrons. The SMILES string of the molecule is CC(C)(C)Cc1ccnc(-c2[c-]cc3oc4ccccc4c3c2)c1.CC(C)(c1ccccc1)c1ccc[c-]c1-c1ccccn1.[Ir]. The van der Waals surface area contributed by atoms with Gasteiger partial charge in [0.15, 0.2) is 0 Å². The van der Waals surface area contributed by atoms with E-state index in [1.54, 1.807) is 0 Å². The van der Waals surface area contributed by atoms with Gasteiger partial charge in [-0.25, -0.2) is 0 Å². The molecule has 0 unspecified atom stereocenters. The smallest absolute Gasteiger partial charge is 0.120 e. The molecule has 4 heteroatoms. The van der Waals surface area contributed by atoms with Crippen LogP contribution in [0.2, 0.25) is 0 Å². The van der Waals surface area contributed by atoms with Gasteiger partial charge in [0.2, 0.25) is 0 Å². The molecule has 0 atom stereocenters. The summed E-state index contributed by atoms with van der Waals surface area (Å²) in [5, 5.41) is 2.25. The summed E-state index contributed by atoms with van der Waals surface area (Å²) in [6.07, 6.45) is 4.75. The molecule has 0 N–H and O–H groups in total. The third kappa shape index (κ3) is 7.36. The van der Waals surface area contributed by atoms with Crippen LogP contribution in [-0.2, 0) is 31.9 Å². The molecule has 0 fully saturated rings. The van der Waals surface area contributed by atoms with Gasteiger partial charge in [-0.1, -0.05) is 112 Å². The summed E-state index contributed by atoms with van der Waals surface area (Å²) in [6.45, 7) is 11.3. The second kappa shape index (κ2) is 14.0. The quantitative estimate of drug-likeness (QED) is 0.163. The molecule has 7 rings (SSSR count). The monoisotopic (exact) mass is 779 g/mol. The van der Waals surface area contributed by atoms with Gasteiger partial charge < -0.3 is 14.4 Å². The Morgan fingerprint density at radius 3 is 2.15 bits per heavy atom. The number of furan rings is 1. The number of rotatable bonds is 5. The molecule has 0 aliphatic rings. The van der Waals surface area contributed by atoms with Gasteiger partial charge in [0, 0.05) is 37.9 Å². The van der Waals surface area contributed by atoms with Crippen LogP contribution in [0.1, 0.15) is 51.3 Å². The van der Waals surface area contributed by atoms with Crippen molar-refractivity contribution in [2.45, 2.75) is 46.5 Å². The van der Waals surface area contributed by atoms with Crippen LogP contribution in [0.5, 0.6) is 0 Å². The van der Waals surface area contributed by atoms with Crippen LogP contribution in [0.3, 0.4) is 0 Å². The minimum Gasteiger partial charge on any atom is -0.500 e. The summed E-state index contributed by atoms with van der Waals surface area (Å²) in [5.74, 6) is 0. The molecule has 4 aromatic carbocycles. The number of hydrogen-bond donors (Lipinski definition) is 0. The maximum absolute atomic E-state index is 5.88. The summed E-state index contributed by atoms with van der Waals surface area (Å²) in [5.41, 5.74) is 9.80. The number of nitrogens with zero attached hydrogens (tertiary/aromatic N) is 2. The van der Waals surface area contributed by atoms with Crippen LogP contribution in [-0.4, -0.2) is 9.97 Å². The molecule has 3 nitrogen and oxygen atoms in total. The molecule has 3 heterocycles. The number of pyridine rings is 2. The number of aromatic nitrogens is 2. The largest absolute Gasteiger partial charge is 0.500 e. The number of hydrogen-bond acceptors (Lipinski definition) is 3. The van der Waals surface area contributed by atoms with Crippen LogP contribution in [0.25, 0.3) is 44.5 Å². The zero-order valence-electron chi connectivity index (χ0n) is 27.0. The molecular formula is C42H38IrN2O-2. The molecule has 0 bridgehead atoms. The first-order valence-corrected chi connectivity index (χ1v) is 15.5. The van der Waals surface area contributed by atoms with Crippen molar-refractivity contribution in [2.24, 2.45) is 5.41 Å². The maximum atomic E-state index is 5.88. The molecule has 0 spiro atoms. The first-order valence-electron chi connectivity index (χ1n) is 15.5. The Bertz CT molecular complexity index is 2040. The first-order chi connectivity index (χ1) is 21.7. The minimum absolute atomic E-state index is 0. The number of para-hydroxylation sites is 1. The molecule has 0 saturated carbocycles.